The second-order valence-corrected chi connectivity index (χ2v) is 4.52. The number of carbonyl (C=O) groups excluding carboxylic acids is 2. The summed E-state index contributed by atoms with van der Waals surface area (Å²) in [5, 5.41) is 11.2. The van der Waals surface area contributed by atoms with E-state index in [4.69, 9.17) is 0 Å². The molecule has 0 saturated carbocycles. The van der Waals surface area contributed by atoms with Crippen molar-refractivity contribution in [2.24, 2.45) is 0 Å². The minimum absolute atomic E-state index is 0.196. The minimum Gasteiger partial charge on any atom is -0.463 e. The van der Waals surface area contributed by atoms with Gasteiger partial charge in [-0.05, 0) is 11.1 Å². The number of Topliss-reactive ketones (excluding diaryl/α,β-unsaturated/α-hetero) is 1. The van der Waals surface area contributed by atoms with Gasteiger partial charge in [-0.3, -0.25) is 14.9 Å². The Labute approximate surface area is 126 Å². The first-order chi connectivity index (χ1) is 10.5. The molecule has 0 N–H and O–H groups in total. The van der Waals surface area contributed by atoms with E-state index in [9.17, 15) is 19.7 Å². The largest absolute Gasteiger partial charge is 0.463 e. The van der Waals surface area contributed by atoms with Crippen LogP contribution in [-0.2, 0) is 20.7 Å². The van der Waals surface area contributed by atoms with Crippen molar-refractivity contribution in [3.63, 3.8) is 0 Å². The van der Waals surface area contributed by atoms with Crippen LogP contribution in [0.15, 0.2) is 48.5 Å². The van der Waals surface area contributed by atoms with Crippen LogP contribution >= 0.6 is 0 Å². The van der Waals surface area contributed by atoms with Crippen LogP contribution in [0.25, 0.3) is 11.1 Å². The quantitative estimate of drug-likeness (QED) is 0.366. The number of nitro groups is 1. The van der Waals surface area contributed by atoms with Gasteiger partial charge >= 0.3 is 5.97 Å². The summed E-state index contributed by atoms with van der Waals surface area (Å²) >= 11 is 0. The Kier molecular flexibility index (Phi) is 4.63. The molecule has 0 aliphatic heterocycles. The first-order valence-corrected chi connectivity index (χ1v) is 6.47. The summed E-state index contributed by atoms with van der Waals surface area (Å²) in [6.45, 7) is 0. The Balaban J connectivity index is 2.55. The fourth-order valence-corrected chi connectivity index (χ4v) is 2.17. The van der Waals surface area contributed by atoms with E-state index in [1.54, 1.807) is 36.4 Å². The lowest BCUT2D eigenvalue weighted by Gasteiger charge is -2.09. The average Bonchev–Trinajstić information content (AvgIpc) is 2.54. The molecule has 0 unspecified atom stereocenters. The van der Waals surface area contributed by atoms with E-state index in [1.165, 1.54) is 6.07 Å². The molecule has 0 atom stereocenters. The number of methoxy groups -OCH3 is 1. The number of nitrogens with zero attached hydrogens (tertiary/aromatic N) is 1. The Hall–Kier alpha value is -3.02. The second-order valence-electron chi connectivity index (χ2n) is 4.52. The summed E-state index contributed by atoms with van der Waals surface area (Å²) in [6, 6.07) is 13.5. The summed E-state index contributed by atoms with van der Waals surface area (Å²) in [4.78, 5) is 33.7. The highest BCUT2D eigenvalue weighted by molar-refractivity contribution is 6.34. The summed E-state index contributed by atoms with van der Waals surface area (Å²) in [5.41, 5.74) is 1.29. The Bertz CT molecular complexity index is 725. The van der Waals surface area contributed by atoms with E-state index >= 15 is 0 Å². The van der Waals surface area contributed by atoms with Gasteiger partial charge in [-0.25, -0.2) is 4.79 Å². The van der Waals surface area contributed by atoms with Crippen molar-refractivity contribution < 1.29 is 19.2 Å². The van der Waals surface area contributed by atoms with Gasteiger partial charge in [0.2, 0.25) is 5.78 Å². The van der Waals surface area contributed by atoms with Crippen molar-refractivity contribution in [2.75, 3.05) is 7.11 Å². The predicted octanol–water partition coefficient (Wildman–Crippen LogP) is 2.55. The lowest BCUT2D eigenvalue weighted by atomic mass is 9.95. The molecule has 0 aliphatic rings. The molecule has 2 rings (SSSR count). The van der Waals surface area contributed by atoms with Crippen LogP contribution in [0.1, 0.15) is 5.56 Å². The van der Waals surface area contributed by atoms with Crippen LogP contribution in [0.3, 0.4) is 0 Å². The number of ketones is 1. The SMILES string of the molecule is COC(=O)C(=O)Cc1c(-c2ccccc2)cccc1[N+](=O)[O-]. The fourth-order valence-electron chi connectivity index (χ4n) is 2.17. The number of ether oxygens (including phenoxy) is 1. The third kappa shape index (κ3) is 3.17. The molecule has 0 heterocycles. The van der Waals surface area contributed by atoms with Crippen LogP contribution in [0.2, 0.25) is 0 Å². The number of esters is 1. The highest BCUT2D eigenvalue weighted by Crippen LogP contribution is 2.31. The van der Waals surface area contributed by atoms with Crippen LogP contribution in [0, 0.1) is 10.1 Å². The molecular weight excluding hydrogens is 286 g/mol. The van der Waals surface area contributed by atoms with E-state index in [0.29, 0.717) is 5.56 Å². The van der Waals surface area contributed by atoms with Gasteiger partial charge in [-0.15, -0.1) is 0 Å². The number of carbonyl (C=O) groups is 2. The molecule has 0 aromatic heterocycles. The fraction of sp³-hybridized carbons (Fsp3) is 0.125. The zero-order valence-electron chi connectivity index (χ0n) is 11.8. The molecule has 0 saturated heterocycles. The zero-order chi connectivity index (χ0) is 16.1. The maximum atomic E-state index is 11.8. The van der Waals surface area contributed by atoms with E-state index < -0.39 is 16.7 Å². The van der Waals surface area contributed by atoms with Gasteiger partial charge in [0.1, 0.15) is 0 Å². The summed E-state index contributed by atoms with van der Waals surface area (Å²) < 4.78 is 4.37. The van der Waals surface area contributed by atoms with Gasteiger partial charge in [0.15, 0.2) is 0 Å². The molecule has 2 aromatic rings. The second kappa shape index (κ2) is 6.62. The van der Waals surface area contributed by atoms with Gasteiger partial charge in [0.05, 0.1) is 18.5 Å². The van der Waals surface area contributed by atoms with E-state index in [-0.39, 0.29) is 17.7 Å². The van der Waals surface area contributed by atoms with Crippen molar-refractivity contribution in [1.29, 1.82) is 0 Å². The van der Waals surface area contributed by atoms with Gasteiger partial charge in [-0.2, -0.15) is 0 Å². The lowest BCUT2D eigenvalue weighted by molar-refractivity contribution is -0.385. The summed E-state index contributed by atoms with van der Waals surface area (Å²) in [7, 11) is 1.09. The van der Waals surface area contributed by atoms with Crippen molar-refractivity contribution in [3.05, 3.63) is 64.2 Å². The molecule has 0 aliphatic carbocycles. The highest BCUT2D eigenvalue weighted by atomic mass is 16.6. The normalized spacial score (nSPS) is 10.0. The molecule has 112 valence electrons. The Morgan fingerprint density at radius 2 is 1.77 bits per heavy atom. The van der Waals surface area contributed by atoms with Gasteiger partial charge in [0.25, 0.3) is 5.69 Å². The number of nitro benzene ring substituents is 1. The molecule has 0 radical (unpaired) electrons. The smallest absolute Gasteiger partial charge is 0.374 e. The van der Waals surface area contributed by atoms with E-state index in [1.807, 2.05) is 6.07 Å². The number of rotatable bonds is 5. The Morgan fingerprint density at radius 1 is 1.09 bits per heavy atom. The Morgan fingerprint density at radius 3 is 2.36 bits per heavy atom. The topological polar surface area (TPSA) is 86.5 Å². The van der Waals surface area contributed by atoms with Crippen molar-refractivity contribution >= 4 is 17.4 Å². The molecular formula is C16H13NO5. The average molecular weight is 299 g/mol. The maximum Gasteiger partial charge on any atom is 0.374 e. The molecule has 6 nitrogen and oxygen atoms in total. The zero-order valence-corrected chi connectivity index (χ0v) is 11.8. The van der Waals surface area contributed by atoms with Gasteiger partial charge in [0, 0.05) is 11.6 Å². The third-order valence-corrected chi connectivity index (χ3v) is 3.18. The molecule has 0 bridgehead atoms. The molecule has 2 aromatic carbocycles. The lowest BCUT2D eigenvalue weighted by Crippen LogP contribution is -2.18. The molecule has 6 heteroatoms. The molecule has 22 heavy (non-hydrogen) atoms. The summed E-state index contributed by atoms with van der Waals surface area (Å²) in [6.07, 6.45) is -0.381. The van der Waals surface area contributed by atoms with E-state index in [2.05, 4.69) is 4.74 Å². The molecule has 0 amide bonds. The number of benzene rings is 2. The van der Waals surface area contributed by atoms with Gasteiger partial charge < -0.3 is 4.74 Å². The molecule has 0 spiro atoms. The predicted molar refractivity (Wildman–Crippen MR) is 79.3 cm³/mol. The standard InChI is InChI=1S/C16H13NO5/c1-22-16(19)15(18)10-13-12(11-6-3-2-4-7-11)8-5-9-14(13)17(20)21/h2-9H,10H2,1H3. The van der Waals surface area contributed by atoms with Crippen LogP contribution in [0.4, 0.5) is 5.69 Å². The number of hydrogen-bond acceptors (Lipinski definition) is 5. The van der Waals surface area contributed by atoms with Crippen molar-refractivity contribution in [2.45, 2.75) is 6.42 Å². The van der Waals surface area contributed by atoms with Crippen LogP contribution in [0.5, 0.6) is 0 Å². The van der Waals surface area contributed by atoms with Crippen molar-refractivity contribution in [3.8, 4) is 11.1 Å². The van der Waals surface area contributed by atoms with E-state index in [0.717, 1.165) is 12.7 Å². The van der Waals surface area contributed by atoms with Gasteiger partial charge in [-0.1, -0.05) is 42.5 Å². The third-order valence-electron chi connectivity index (χ3n) is 3.18. The van der Waals surface area contributed by atoms with Crippen LogP contribution in [-0.4, -0.2) is 23.8 Å². The number of hydrogen-bond donors (Lipinski definition) is 0. The van der Waals surface area contributed by atoms with Crippen LogP contribution < -0.4 is 0 Å². The summed E-state index contributed by atoms with van der Waals surface area (Å²) in [5.74, 6) is -1.84. The first-order valence-electron chi connectivity index (χ1n) is 6.47. The monoisotopic (exact) mass is 299 g/mol. The maximum absolute atomic E-state index is 11.8. The first kappa shape index (κ1) is 15.4. The van der Waals surface area contributed by atoms with Crippen molar-refractivity contribution in [1.82, 2.24) is 0 Å². The minimum atomic E-state index is -1.02. The molecule has 0 fully saturated rings. The highest BCUT2D eigenvalue weighted by Gasteiger charge is 2.24.